The van der Waals surface area contributed by atoms with Gasteiger partial charge in [0.05, 0.1) is 11.4 Å². The van der Waals surface area contributed by atoms with Crippen molar-refractivity contribution in [1.29, 1.82) is 0 Å². The molecular formula is C80H66BN3O3. The Morgan fingerprint density at radius 2 is 0.977 bits per heavy atom. The lowest BCUT2D eigenvalue weighted by atomic mass is 9.45. The van der Waals surface area contributed by atoms with Crippen LogP contribution in [0.15, 0.2) is 250 Å². The first-order valence-corrected chi connectivity index (χ1v) is 31.4. The molecule has 0 bridgehead atoms. The lowest BCUT2D eigenvalue weighted by molar-refractivity contribution is 0.649. The minimum atomic E-state index is -0.439. The van der Waals surface area contributed by atoms with Crippen LogP contribution in [0.3, 0.4) is 0 Å². The summed E-state index contributed by atoms with van der Waals surface area (Å²) in [6, 6.07) is 87.1. The van der Waals surface area contributed by atoms with Gasteiger partial charge in [-0.15, -0.1) is 0 Å². The summed E-state index contributed by atoms with van der Waals surface area (Å²) in [5.41, 5.74) is 25.4. The quantitative estimate of drug-likeness (QED) is 0.0899. The average Bonchev–Trinajstić information content (AvgIpc) is 1.67. The second kappa shape index (κ2) is 21.8. The molecule has 422 valence electrons. The molecular weight excluding hydrogens is 1060 g/mol. The molecule has 0 fully saturated rings. The Labute approximate surface area is 508 Å². The molecule has 0 N–H and O–H groups in total. The molecule has 7 heteroatoms. The Bertz CT molecular complexity index is 4890. The molecule has 6 nitrogen and oxygen atoms in total. The van der Waals surface area contributed by atoms with Gasteiger partial charge >= 0.3 is 6.85 Å². The van der Waals surface area contributed by atoms with E-state index in [9.17, 15) is 0 Å². The van der Waals surface area contributed by atoms with E-state index in [0.717, 1.165) is 184 Å². The number of fused-ring (bicyclic) bond motifs is 13. The first-order chi connectivity index (χ1) is 43.0. The van der Waals surface area contributed by atoms with E-state index in [1.54, 1.807) is 0 Å². The van der Waals surface area contributed by atoms with Crippen LogP contribution in [0.25, 0.3) is 88.2 Å². The van der Waals surface area contributed by atoms with Gasteiger partial charge in [-0.3, -0.25) is 0 Å². The Morgan fingerprint density at radius 3 is 1.71 bits per heavy atom. The number of nitrogens with zero attached hydrogens (tertiary/aromatic N) is 3. The molecule has 87 heavy (non-hydrogen) atoms. The van der Waals surface area contributed by atoms with Crippen LogP contribution in [0, 0.1) is 0 Å². The fourth-order valence-corrected chi connectivity index (χ4v) is 14.0. The average molecular weight is 1130 g/mol. The second-order valence-electron chi connectivity index (χ2n) is 23.8. The second-order valence-corrected chi connectivity index (χ2v) is 23.8. The van der Waals surface area contributed by atoms with Crippen molar-refractivity contribution < 1.29 is 13.3 Å². The van der Waals surface area contributed by atoms with E-state index in [1.807, 2.05) is 0 Å². The number of para-hydroxylation sites is 2. The highest BCUT2D eigenvalue weighted by atomic mass is 16.3. The van der Waals surface area contributed by atoms with Gasteiger partial charge in [0.1, 0.15) is 33.6 Å². The molecule has 5 heterocycles. The number of aryl methyl sites for hydroxylation is 3. The van der Waals surface area contributed by atoms with E-state index in [2.05, 4.69) is 272 Å². The molecule has 0 amide bonds. The zero-order chi connectivity index (χ0) is 58.1. The van der Waals surface area contributed by atoms with Gasteiger partial charge in [0, 0.05) is 83.8 Å². The summed E-state index contributed by atoms with van der Waals surface area (Å²) in [5, 5.41) is 5.25. The van der Waals surface area contributed by atoms with Gasteiger partial charge in [0.2, 0.25) is 0 Å². The fourth-order valence-electron chi connectivity index (χ4n) is 14.0. The number of hydrogen-bond acceptors (Lipinski definition) is 6. The zero-order valence-corrected chi connectivity index (χ0v) is 49.5. The van der Waals surface area contributed by atoms with Crippen molar-refractivity contribution in [1.82, 2.24) is 0 Å². The Morgan fingerprint density at radius 1 is 0.379 bits per heavy atom. The summed E-state index contributed by atoms with van der Waals surface area (Å²) in [5.74, 6) is 0. The summed E-state index contributed by atoms with van der Waals surface area (Å²) >= 11 is 0. The van der Waals surface area contributed by atoms with Crippen molar-refractivity contribution >= 4 is 118 Å². The highest BCUT2D eigenvalue weighted by molar-refractivity contribution is 6.93. The lowest BCUT2D eigenvalue weighted by Gasteiger charge is -2.44. The van der Waals surface area contributed by atoms with Crippen molar-refractivity contribution in [3.8, 4) is 33.4 Å². The number of benzene rings is 11. The number of anilines is 8. The number of unbranched alkanes of at least 4 members (excludes halogenated alkanes) is 3. The molecule has 16 rings (SSSR count). The Hall–Kier alpha value is -9.98. The molecule has 0 spiro atoms. The molecule has 0 aliphatic carbocycles. The van der Waals surface area contributed by atoms with Crippen molar-refractivity contribution in [3.05, 3.63) is 253 Å². The minimum Gasteiger partial charge on any atom is -0.466 e. The van der Waals surface area contributed by atoms with E-state index in [-0.39, 0.29) is 0 Å². The number of hydrogen-bond donors (Lipinski definition) is 0. The molecule has 3 aromatic heterocycles. The Balaban J connectivity index is 1.01. The highest BCUT2D eigenvalue weighted by Crippen LogP contribution is 2.55. The third-order valence-electron chi connectivity index (χ3n) is 18.4. The third-order valence-corrected chi connectivity index (χ3v) is 18.4. The highest BCUT2D eigenvalue weighted by Gasteiger charge is 2.50. The van der Waals surface area contributed by atoms with Crippen LogP contribution in [0.1, 0.15) is 76.0 Å². The SMILES string of the molecule is CCCCc1ccc(N2B3c4oc5ccc(-c6ccccc6)cc5c4N(c4ccc(CCCC)cc4-c4ccccc4)c4cc5c(oc6ccccc65)c(c43)-c3cc4c(cc32)oc2ccc(N(c3ccccc3)c3ccc(CCCC)cc3)cc24)cc1. The van der Waals surface area contributed by atoms with Gasteiger partial charge in [-0.25, -0.2) is 0 Å². The molecule has 2 aliphatic heterocycles. The van der Waals surface area contributed by atoms with E-state index >= 15 is 0 Å². The van der Waals surface area contributed by atoms with E-state index in [4.69, 9.17) is 13.3 Å². The molecule has 2 aliphatic rings. The largest absolute Gasteiger partial charge is 0.466 e. The molecule has 14 aromatic rings. The van der Waals surface area contributed by atoms with Gasteiger partial charge < -0.3 is 27.9 Å². The van der Waals surface area contributed by atoms with Crippen molar-refractivity contribution in [3.63, 3.8) is 0 Å². The van der Waals surface area contributed by atoms with E-state index in [1.165, 1.54) is 35.1 Å². The maximum absolute atomic E-state index is 7.65. The predicted octanol–water partition coefficient (Wildman–Crippen LogP) is 21.8. The van der Waals surface area contributed by atoms with Crippen LogP contribution in [-0.4, -0.2) is 6.85 Å². The number of furan rings is 3. The van der Waals surface area contributed by atoms with Crippen LogP contribution in [0.2, 0.25) is 0 Å². The van der Waals surface area contributed by atoms with Gasteiger partial charge in [0.15, 0.2) is 0 Å². The molecule has 0 saturated heterocycles. The summed E-state index contributed by atoms with van der Waals surface area (Å²) in [6.45, 7) is 6.36. The lowest BCUT2D eigenvalue weighted by Crippen LogP contribution is -2.61. The van der Waals surface area contributed by atoms with Gasteiger partial charge in [-0.05, 0) is 174 Å². The van der Waals surface area contributed by atoms with Crippen molar-refractivity contribution in [2.45, 2.75) is 78.6 Å². The first-order valence-electron chi connectivity index (χ1n) is 31.4. The maximum Gasteiger partial charge on any atom is 0.376 e. The standard InChI is InChI=1S/C80H66BN3O3/c1-4-7-21-52-32-38-59(39-33-52)82(58-28-17-12-18-29-58)61-42-45-73-64(48-61)65-49-67-70(51-75(65)85-73)84(60-40-34-53(35-41-60)22-8-5-2)81-77-71(50-66-62-30-19-20-31-72(62)86-79(66)76(67)77)83(69-43-36-54(23-9-6-3)46-63(69)56-26-15-11-16-27-56)78-68-47-57(55-24-13-10-14-25-55)37-44-74(68)87-80(78)81/h10-20,24-51H,4-9,21-23H2,1-3H3. The summed E-state index contributed by atoms with van der Waals surface area (Å²) < 4.78 is 22.1. The summed E-state index contributed by atoms with van der Waals surface area (Å²) in [4.78, 5) is 7.47. The predicted molar refractivity (Wildman–Crippen MR) is 366 cm³/mol. The van der Waals surface area contributed by atoms with E-state index < -0.39 is 6.85 Å². The smallest absolute Gasteiger partial charge is 0.376 e. The number of rotatable bonds is 16. The topological polar surface area (TPSA) is 49.1 Å². The van der Waals surface area contributed by atoms with Crippen LogP contribution >= 0.6 is 0 Å². The van der Waals surface area contributed by atoms with E-state index in [0.29, 0.717) is 0 Å². The molecule has 0 atom stereocenters. The van der Waals surface area contributed by atoms with Crippen LogP contribution < -0.4 is 25.7 Å². The first kappa shape index (κ1) is 52.6. The zero-order valence-electron chi connectivity index (χ0n) is 49.5. The van der Waals surface area contributed by atoms with Crippen LogP contribution in [-0.2, 0) is 19.3 Å². The third kappa shape index (κ3) is 8.93. The summed E-state index contributed by atoms with van der Waals surface area (Å²) in [6.07, 6.45) is 9.93. The van der Waals surface area contributed by atoms with Crippen molar-refractivity contribution in [2.75, 3.05) is 14.6 Å². The molecule has 0 unspecified atom stereocenters. The summed E-state index contributed by atoms with van der Waals surface area (Å²) in [7, 11) is 0. The van der Waals surface area contributed by atoms with Crippen LogP contribution in [0.4, 0.5) is 45.5 Å². The molecule has 0 saturated carbocycles. The van der Waals surface area contributed by atoms with Gasteiger partial charge in [0.25, 0.3) is 0 Å². The monoisotopic (exact) mass is 1130 g/mol. The van der Waals surface area contributed by atoms with Gasteiger partial charge in [-0.2, -0.15) is 0 Å². The van der Waals surface area contributed by atoms with Gasteiger partial charge in [-0.1, -0.05) is 173 Å². The molecule has 0 radical (unpaired) electrons. The van der Waals surface area contributed by atoms with Crippen LogP contribution in [0.5, 0.6) is 0 Å². The minimum absolute atomic E-state index is 0.439. The Kier molecular flexibility index (Phi) is 13.2. The fraction of sp³-hybridized carbons (Fsp3) is 0.150. The normalized spacial score (nSPS) is 12.7. The maximum atomic E-state index is 7.65. The molecule has 11 aromatic carbocycles. The van der Waals surface area contributed by atoms with Crippen molar-refractivity contribution in [2.24, 2.45) is 0 Å².